The molecule has 0 aromatic heterocycles. The van der Waals surface area contributed by atoms with Crippen LogP contribution in [0.4, 0.5) is 0 Å². The van der Waals surface area contributed by atoms with Crippen LogP contribution in [-0.2, 0) is 9.59 Å². The Kier molecular flexibility index (Phi) is 7.52. The molecule has 1 aliphatic rings. The molecule has 0 fully saturated rings. The first-order chi connectivity index (χ1) is 7.61. The van der Waals surface area contributed by atoms with Crippen molar-refractivity contribution >= 4 is 39.2 Å². The molecule has 1 unspecified atom stereocenters. The summed E-state index contributed by atoms with van der Waals surface area (Å²) in [5, 5.41) is 20.4. The Morgan fingerprint density at radius 3 is 2.53 bits per heavy atom. The summed E-state index contributed by atoms with van der Waals surface area (Å²) in [6.45, 7) is 0. The standard InChI is InChI=1S/C11H13NO4.Pb.2H/c13-10(14)6-5-8(11(15)16)9-4-2-1-3-7-12-9;;;/h1-4,7-8,12H,5-6H2,(H,13,14)(H,15,16);;;. The van der Waals surface area contributed by atoms with Crippen molar-refractivity contribution < 1.29 is 19.8 Å². The monoisotopic (exact) mass is 433 g/mol. The van der Waals surface area contributed by atoms with Gasteiger partial charge in [-0.1, -0.05) is 12.2 Å². The van der Waals surface area contributed by atoms with E-state index in [0.717, 1.165) is 0 Å². The van der Waals surface area contributed by atoms with Crippen LogP contribution < -0.4 is 5.32 Å². The number of carboxylic acid groups (broad SMARTS) is 2. The van der Waals surface area contributed by atoms with Crippen LogP contribution in [0.25, 0.3) is 0 Å². The SMILES string of the molecule is O=C(O)CCC(C(=O)O)C1=CC=CC=CN1.[PbH2]. The second kappa shape index (κ2) is 8.04. The number of aliphatic carboxylic acids is 2. The van der Waals surface area contributed by atoms with Crippen LogP contribution in [0.1, 0.15) is 12.8 Å². The fourth-order valence-corrected chi connectivity index (χ4v) is 1.37. The molecule has 0 aromatic rings. The Balaban J connectivity index is 0.00000256. The minimum atomic E-state index is -1.02. The van der Waals surface area contributed by atoms with E-state index in [1.54, 1.807) is 30.5 Å². The summed E-state index contributed by atoms with van der Waals surface area (Å²) in [7, 11) is 0. The van der Waals surface area contributed by atoms with E-state index in [1.165, 1.54) is 0 Å². The first-order valence-electron chi connectivity index (χ1n) is 4.86. The van der Waals surface area contributed by atoms with E-state index in [4.69, 9.17) is 10.2 Å². The third-order valence-electron chi connectivity index (χ3n) is 2.16. The summed E-state index contributed by atoms with van der Waals surface area (Å²) in [5.74, 6) is -2.83. The summed E-state index contributed by atoms with van der Waals surface area (Å²) >= 11 is 0. The van der Waals surface area contributed by atoms with Crippen molar-refractivity contribution in [2.45, 2.75) is 12.8 Å². The molecule has 2 radical (unpaired) electrons. The Bertz CT molecular complexity index is 374. The van der Waals surface area contributed by atoms with Crippen molar-refractivity contribution in [2.24, 2.45) is 5.92 Å². The molecule has 92 valence electrons. The Labute approximate surface area is 119 Å². The number of carbonyl (C=O) groups is 2. The van der Waals surface area contributed by atoms with Crippen molar-refractivity contribution in [1.82, 2.24) is 5.32 Å². The van der Waals surface area contributed by atoms with Gasteiger partial charge in [0.25, 0.3) is 0 Å². The van der Waals surface area contributed by atoms with Crippen molar-refractivity contribution in [2.75, 3.05) is 0 Å². The summed E-state index contributed by atoms with van der Waals surface area (Å²) in [4.78, 5) is 21.4. The first kappa shape index (κ1) is 15.9. The van der Waals surface area contributed by atoms with E-state index in [9.17, 15) is 9.59 Å². The normalized spacial score (nSPS) is 14.9. The first-order valence-corrected chi connectivity index (χ1v) is 4.86. The van der Waals surface area contributed by atoms with Gasteiger partial charge in [-0.25, -0.2) is 0 Å². The van der Waals surface area contributed by atoms with E-state index in [2.05, 4.69) is 5.32 Å². The molecule has 1 atom stereocenters. The molecule has 5 nitrogen and oxygen atoms in total. The molecule has 1 heterocycles. The van der Waals surface area contributed by atoms with E-state index < -0.39 is 17.9 Å². The van der Waals surface area contributed by atoms with Crippen molar-refractivity contribution in [3.05, 3.63) is 36.2 Å². The predicted molar refractivity (Wildman–Crippen MR) is 66.0 cm³/mol. The molecule has 0 aromatic carbocycles. The molecular weight excluding hydrogens is 417 g/mol. The molecule has 0 saturated carbocycles. The molecule has 0 aliphatic carbocycles. The van der Waals surface area contributed by atoms with Gasteiger partial charge in [-0.2, -0.15) is 0 Å². The molecule has 0 amide bonds. The molecule has 6 heteroatoms. The third kappa shape index (κ3) is 5.66. The van der Waals surface area contributed by atoms with Gasteiger partial charge >= 0.3 is 39.2 Å². The van der Waals surface area contributed by atoms with Crippen LogP contribution in [-0.4, -0.2) is 49.5 Å². The van der Waals surface area contributed by atoms with Gasteiger partial charge in [-0.05, 0) is 18.6 Å². The van der Waals surface area contributed by atoms with Gasteiger partial charge in [-0.15, -0.1) is 0 Å². The van der Waals surface area contributed by atoms with Gasteiger partial charge in [0.05, 0.1) is 5.92 Å². The summed E-state index contributed by atoms with van der Waals surface area (Å²) < 4.78 is 0. The average Bonchev–Trinajstić information content (AvgIpc) is 2.45. The molecule has 17 heavy (non-hydrogen) atoms. The zero-order valence-electron chi connectivity index (χ0n) is 9.30. The number of nitrogens with one attached hydrogen (secondary N) is 1. The summed E-state index contributed by atoms with van der Waals surface area (Å²) in [6.07, 6.45) is 8.37. The maximum absolute atomic E-state index is 11.0. The number of rotatable bonds is 5. The van der Waals surface area contributed by atoms with E-state index in [-0.39, 0.29) is 40.1 Å². The fraction of sp³-hybridized carbons (Fsp3) is 0.273. The van der Waals surface area contributed by atoms with Crippen LogP contribution in [0.2, 0.25) is 0 Å². The maximum atomic E-state index is 11.0. The van der Waals surface area contributed by atoms with Gasteiger partial charge in [0.2, 0.25) is 0 Å². The zero-order chi connectivity index (χ0) is 12.0. The molecule has 0 bridgehead atoms. The van der Waals surface area contributed by atoms with Crippen LogP contribution in [0.3, 0.4) is 0 Å². The molecule has 1 rings (SSSR count). The summed E-state index contributed by atoms with van der Waals surface area (Å²) in [5.41, 5.74) is 0.499. The second-order valence-electron chi connectivity index (χ2n) is 3.33. The molecule has 0 spiro atoms. The van der Waals surface area contributed by atoms with Crippen molar-refractivity contribution in [3.63, 3.8) is 0 Å². The fourth-order valence-electron chi connectivity index (χ4n) is 1.37. The topological polar surface area (TPSA) is 86.6 Å². The quantitative estimate of drug-likeness (QED) is 0.541. The predicted octanol–water partition coefficient (Wildman–Crippen LogP) is 0.193. The van der Waals surface area contributed by atoms with Gasteiger partial charge < -0.3 is 15.5 Å². The molecule has 1 aliphatic heterocycles. The average molecular weight is 432 g/mol. The number of hydrogen-bond acceptors (Lipinski definition) is 3. The van der Waals surface area contributed by atoms with Crippen LogP contribution >= 0.6 is 0 Å². The van der Waals surface area contributed by atoms with E-state index in [0.29, 0.717) is 5.70 Å². The van der Waals surface area contributed by atoms with Crippen LogP contribution in [0.5, 0.6) is 0 Å². The van der Waals surface area contributed by atoms with E-state index >= 15 is 0 Å². The van der Waals surface area contributed by atoms with Crippen molar-refractivity contribution in [1.29, 1.82) is 0 Å². The van der Waals surface area contributed by atoms with Gasteiger partial charge in [0.15, 0.2) is 0 Å². The number of allylic oxidation sites excluding steroid dienone is 4. The number of hydrogen-bond donors (Lipinski definition) is 3. The minimum absolute atomic E-state index is 0. The molecule has 0 saturated heterocycles. The van der Waals surface area contributed by atoms with Gasteiger partial charge in [0, 0.05) is 18.3 Å². The molecule has 3 N–H and O–H groups in total. The summed E-state index contributed by atoms with van der Waals surface area (Å²) in [6, 6.07) is 0. The van der Waals surface area contributed by atoms with Crippen LogP contribution in [0.15, 0.2) is 36.2 Å². The number of carboxylic acids is 2. The molecular formula is C11H15NO4Pb. The second-order valence-corrected chi connectivity index (χ2v) is 3.33. The Morgan fingerprint density at radius 2 is 1.94 bits per heavy atom. The van der Waals surface area contributed by atoms with Crippen LogP contribution in [0, 0.1) is 5.92 Å². The Hall–Kier alpha value is -1.12. The van der Waals surface area contributed by atoms with Gasteiger partial charge in [0.1, 0.15) is 0 Å². The van der Waals surface area contributed by atoms with Crippen molar-refractivity contribution in [3.8, 4) is 0 Å². The Morgan fingerprint density at radius 1 is 1.24 bits per heavy atom. The van der Waals surface area contributed by atoms with Gasteiger partial charge in [-0.3, -0.25) is 9.59 Å². The zero-order valence-corrected chi connectivity index (χ0v) is 14.8. The third-order valence-corrected chi connectivity index (χ3v) is 2.16. The van der Waals surface area contributed by atoms with E-state index in [1.807, 2.05) is 0 Å².